The molecule has 21 heavy (non-hydrogen) atoms. The van der Waals surface area contributed by atoms with E-state index in [1.807, 2.05) is 19.1 Å². The van der Waals surface area contributed by atoms with Crippen molar-refractivity contribution in [2.24, 2.45) is 0 Å². The quantitative estimate of drug-likeness (QED) is 0.790. The number of rotatable bonds is 4. The fourth-order valence-electron chi connectivity index (χ4n) is 3.03. The molecule has 0 N–H and O–H groups in total. The summed E-state index contributed by atoms with van der Waals surface area (Å²) in [6, 6.07) is 6.66. The number of hydrogen-bond acceptors (Lipinski definition) is 3. The number of nitrogens with zero attached hydrogens (tertiary/aromatic N) is 2. The van der Waals surface area contributed by atoms with Crippen molar-refractivity contribution in [1.82, 2.24) is 9.55 Å². The molecule has 4 rings (SSSR count). The van der Waals surface area contributed by atoms with Crippen molar-refractivity contribution in [3.63, 3.8) is 0 Å². The van der Waals surface area contributed by atoms with Crippen LogP contribution >= 0.6 is 15.9 Å². The Bertz CT molecular complexity index is 729. The van der Waals surface area contributed by atoms with Crippen LogP contribution in [0.4, 0.5) is 0 Å². The third-order valence-electron chi connectivity index (χ3n) is 4.41. The van der Waals surface area contributed by atoms with Gasteiger partial charge in [0, 0.05) is 10.5 Å². The van der Waals surface area contributed by atoms with Crippen LogP contribution in [-0.2, 0) is 14.9 Å². The standard InChI is InChI=1S/C16H17BrN2O2/c1-2-21-15(20)16(7-8-16)14-18-12-9-10(17)3-6-13(12)19(14)11-4-5-11/h3,6,9,11H,2,4-5,7-8H2,1H3. The van der Waals surface area contributed by atoms with Gasteiger partial charge >= 0.3 is 5.97 Å². The van der Waals surface area contributed by atoms with Crippen LogP contribution in [0, 0.1) is 0 Å². The van der Waals surface area contributed by atoms with Gasteiger partial charge in [0.25, 0.3) is 0 Å². The van der Waals surface area contributed by atoms with E-state index in [9.17, 15) is 4.79 Å². The number of carbonyl (C=O) groups is 1. The number of ether oxygens (including phenoxy) is 1. The van der Waals surface area contributed by atoms with Gasteiger partial charge in [0.05, 0.1) is 17.6 Å². The summed E-state index contributed by atoms with van der Waals surface area (Å²) in [4.78, 5) is 17.2. The lowest BCUT2D eigenvalue weighted by Crippen LogP contribution is -2.27. The van der Waals surface area contributed by atoms with Crippen molar-refractivity contribution in [3.05, 3.63) is 28.5 Å². The average Bonchev–Trinajstić information content (AvgIpc) is 3.36. The number of esters is 1. The van der Waals surface area contributed by atoms with Crippen LogP contribution in [0.1, 0.15) is 44.5 Å². The number of halogens is 1. The van der Waals surface area contributed by atoms with E-state index in [0.29, 0.717) is 12.6 Å². The van der Waals surface area contributed by atoms with E-state index < -0.39 is 5.41 Å². The maximum absolute atomic E-state index is 12.4. The fourth-order valence-corrected chi connectivity index (χ4v) is 3.37. The Kier molecular flexibility index (Phi) is 2.89. The van der Waals surface area contributed by atoms with Gasteiger partial charge in [0.15, 0.2) is 0 Å². The number of carbonyl (C=O) groups excluding carboxylic acids is 1. The molecule has 2 aliphatic carbocycles. The van der Waals surface area contributed by atoms with Crippen molar-refractivity contribution in [2.45, 2.75) is 44.1 Å². The monoisotopic (exact) mass is 348 g/mol. The van der Waals surface area contributed by atoms with Crippen LogP contribution in [0.5, 0.6) is 0 Å². The Labute approximate surface area is 131 Å². The molecule has 2 aromatic rings. The Morgan fingerprint density at radius 3 is 2.86 bits per heavy atom. The van der Waals surface area contributed by atoms with Crippen molar-refractivity contribution in [3.8, 4) is 0 Å². The molecular weight excluding hydrogens is 332 g/mol. The second kappa shape index (κ2) is 4.57. The number of aromatic nitrogens is 2. The maximum atomic E-state index is 12.4. The fraction of sp³-hybridized carbons (Fsp3) is 0.500. The molecule has 2 fully saturated rings. The Hall–Kier alpha value is -1.36. The molecule has 0 aliphatic heterocycles. The van der Waals surface area contributed by atoms with E-state index in [1.165, 1.54) is 12.8 Å². The molecule has 1 aromatic heterocycles. The summed E-state index contributed by atoms with van der Waals surface area (Å²) < 4.78 is 8.60. The summed E-state index contributed by atoms with van der Waals surface area (Å²) in [7, 11) is 0. The average molecular weight is 349 g/mol. The Morgan fingerprint density at radius 1 is 1.48 bits per heavy atom. The number of benzene rings is 1. The number of hydrogen-bond donors (Lipinski definition) is 0. The zero-order chi connectivity index (χ0) is 14.6. The van der Waals surface area contributed by atoms with Gasteiger partial charge in [-0.05, 0) is 50.8 Å². The highest BCUT2D eigenvalue weighted by Gasteiger charge is 2.57. The summed E-state index contributed by atoms with van der Waals surface area (Å²) in [5, 5.41) is 0. The van der Waals surface area contributed by atoms with Gasteiger partial charge in [0.1, 0.15) is 11.2 Å². The topological polar surface area (TPSA) is 44.1 Å². The molecule has 4 nitrogen and oxygen atoms in total. The molecular formula is C16H17BrN2O2. The van der Waals surface area contributed by atoms with Crippen LogP contribution in [0.25, 0.3) is 11.0 Å². The molecule has 0 saturated heterocycles. The maximum Gasteiger partial charge on any atom is 0.319 e. The third kappa shape index (κ3) is 2.01. The van der Waals surface area contributed by atoms with E-state index in [1.54, 1.807) is 0 Å². The Morgan fingerprint density at radius 2 is 2.24 bits per heavy atom. The predicted molar refractivity (Wildman–Crippen MR) is 83.2 cm³/mol. The second-order valence-corrected chi connectivity index (χ2v) is 6.89. The normalized spacial score (nSPS) is 19.7. The largest absolute Gasteiger partial charge is 0.465 e. The van der Waals surface area contributed by atoms with Gasteiger partial charge in [-0.3, -0.25) is 4.79 Å². The first kappa shape index (κ1) is 13.3. The highest BCUT2D eigenvalue weighted by Crippen LogP contribution is 2.52. The van der Waals surface area contributed by atoms with E-state index in [0.717, 1.165) is 34.2 Å². The molecule has 0 atom stereocenters. The molecule has 0 amide bonds. The van der Waals surface area contributed by atoms with Gasteiger partial charge in [0.2, 0.25) is 0 Å². The van der Waals surface area contributed by atoms with E-state index in [-0.39, 0.29) is 5.97 Å². The van der Waals surface area contributed by atoms with E-state index in [4.69, 9.17) is 9.72 Å². The van der Waals surface area contributed by atoms with Crippen molar-refractivity contribution < 1.29 is 9.53 Å². The summed E-state index contributed by atoms with van der Waals surface area (Å²) in [6.07, 6.45) is 4.05. The molecule has 0 spiro atoms. The molecule has 1 aromatic carbocycles. The van der Waals surface area contributed by atoms with Crippen LogP contribution in [0.15, 0.2) is 22.7 Å². The second-order valence-electron chi connectivity index (χ2n) is 5.97. The molecule has 2 aliphatic rings. The molecule has 0 bridgehead atoms. The van der Waals surface area contributed by atoms with Crippen LogP contribution in [0.2, 0.25) is 0 Å². The third-order valence-corrected chi connectivity index (χ3v) is 4.90. The van der Waals surface area contributed by atoms with Crippen molar-refractivity contribution >= 4 is 32.9 Å². The van der Waals surface area contributed by atoms with Crippen LogP contribution in [0.3, 0.4) is 0 Å². The summed E-state index contributed by atoms with van der Waals surface area (Å²) >= 11 is 3.50. The molecule has 2 saturated carbocycles. The minimum absolute atomic E-state index is 0.110. The highest BCUT2D eigenvalue weighted by molar-refractivity contribution is 9.10. The summed E-state index contributed by atoms with van der Waals surface area (Å²) in [5.74, 6) is 0.804. The zero-order valence-electron chi connectivity index (χ0n) is 11.9. The first-order valence-corrected chi connectivity index (χ1v) is 8.30. The molecule has 1 heterocycles. The van der Waals surface area contributed by atoms with Crippen molar-refractivity contribution in [2.75, 3.05) is 6.61 Å². The lowest BCUT2D eigenvalue weighted by Gasteiger charge is -2.15. The van der Waals surface area contributed by atoms with Gasteiger partial charge < -0.3 is 9.30 Å². The van der Waals surface area contributed by atoms with Gasteiger partial charge in [-0.1, -0.05) is 15.9 Å². The summed E-state index contributed by atoms with van der Waals surface area (Å²) in [6.45, 7) is 2.28. The lowest BCUT2D eigenvalue weighted by molar-refractivity contribution is -0.146. The Balaban J connectivity index is 1.88. The highest BCUT2D eigenvalue weighted by atomic mass is 79.9. The van der Waals surface area contributed by atoms with E-state index in [2.05, 4.69) is 26.6 Å². The minimum Gasteiger partial charge on any atom is -0.465 e. The number of fused-ring (bicyclic) bond motifs is 1. The first-order chi connectivity index (χ1) is 10.2. The summed E-state index contributed by atoms with van der Waals surface area (Å²) in [5.41, 5.74) is 1.59. The van der Waals surface area contributed by atoms with Gasteiger partial charge in [-0.25, -0.2) is 4.98 Å². The lowest BCUT2D eigenvalue weighted by atomic mass is 10.1. The van der Waals surface area contributed by atoms with Crippen molar-refractivity contribution in [1.29, 1.82) is 0 Å². The molecule has 0 unspecified atom stereocenters. The zero-order valence-corrected chi connectivity index (χ0v) is 13.5. The van der Waals surface area contributed by atoms with E-state index >= 15 is 0 Å². The number of imidazole rings is 1. The van der Waals surface area contributed by atoms with Gasteiger partial charge in [-0.15, -0.1) is 0 Å². The van der Waals surface area contributed by atoms with Crippen LogP contribution < -0.4 is 0 Å². The smallest absolute Gasteiger partial charge is 0.319 e. The molecule has 0 radical (unpaired) electrons. The van der Waals surface area contributed by atoms with Gasteiger partial charge in [-0.2, -0.15) is 0 Å². The molecule has 5 heteroatoms. The minimum atomic E-state index is -0.496. The molecule has 110 valence electrons. The SMILES string of the molecule is CCOC(=O)C1(c2nc3cc(Br)ccc3n2C2CC2)CC1. The first-order valence-electron chi connectivity index (χ1n) is 7.51. The predicted octanol–water partition coefficient (Wildman–Crippen LogP) is 3.73. The van der Waals surface area contributed by atoms with Crippen LogP contribution in [-0.4, -0.2) is 22.1 Å².